The lowest BCUT2D eigenvalue weighted by molar-refractivity contribution is 0.0940. The van der Waals surface area contributed by atoms with Gasteiger partial charge in [-0.1, -0.05) is 36.4 Å². The highest BCUT2D eigenvalue weighted by Crippen LogP contribution is 2.27. The van der Waals surface area contributed by atoms with E-state index in [2.05, 4.69) is 5.32 Å². The highest BCUT2D eigenvalue weighted by Gasteiger charge is 2.19. The van der Waals surface area contributed by atoms with Gasteiger partial charge in [0, 0.05) is 30.2 Å². The van der Waals surface area contributed by atoms with Gasteiger partial charge >= 0.3 is 0 Å². The monoisotopic (exact) mass is 433 g/mol. The summed E-state index contributed by atoms with van der Waals surface area (Å²) in [5.74, 6) is 0.0343. The van der Waals surface area contributed by atoms with Crippen LogP contribution in [0, 0.1) is 12.8 Å². The van der Waals surface area contributed by atoms with E-state index in [1.807, 2.05) is 47.2 Å². The third kappa shape index (κ3) is 4.45. The van der Waals surface area contributed by atoms with Crippen LogP contribution in [-0.2, 0) is 6.42 Å². The predicted octanol–water partition coefficient (Wildman–Crippen LogP) is 4.41. The molecule has 0 unspecified atom stereocenters. The Kier molecular flexibility index (Phi) is 6.30. The zero-order valence-electron chi connectivity index (χ0n) is 17.1. The molecule has 0 fully saturated rings. The molecule has 4 rings (SSSR count). The van der Waals surface area contributed by atoms with Gasteiger partial charge in [-0.25, -0.2) is 0 Å². The second kappa shape index (κ2) is 9.29. The maximum absolute atomic E-state index is 13.0. The summed E-state index contributed by atoms with van der Waals surface area (Å²) < 4.78 is 6.12. The van der Waals surface area contributed by atoms with Crippen LogP contribution in [0.25, 0.3) is 22.3 Å². The minimum atomic E-state index is -0.333. The molecule has 0 aliphatic carbocycles. The van der Waals surface area contributed by atoms with Crippen molar-refractivity contribution in [3.05, 3.63) is 92.3 Å². The van der Waals surface area contributed by atoms with E-state index in [4.69, 9.17) is 4.42 Å². The fourth-order valence-corrected chi connectivity index (χ4v) is 4.31. The number of rotatable bonds is 7. The number of carbonyl (C=O) groups is 1. The van der Waals surface area contributed by atoms with Crippen molar-refractivity contribution in [1.29, 1.82) is 0 Å². The molecule has 0 radical (unpaired) electrons. The van der Waals surface area contributed by atoms with Crippen molar-refractivity contribution in [2.75, 3.05) is 13.2 Å². The molecule has 1 amide bonds. The summed E-state index contributed by atoms with van der Waals surface area (Å²) in [7, 11) is 0. The first-order chi connectivity index (χ1) is 15.1. The number of aliphatic hydroxyl groups is 1. The Labute approximate surface area is 184 Å². The molecule has 2 N–H and O–H groups in total. The first-order valence-corrected chi connectivity index (χ1v) is 11.0. The summed E-state index contributed by atoms with van der Waals surface area (Å²) in [6, 6.07) is 16.4. The lowest BCUT2D eigenvalue weighted by Gasteiger charge is -2.15. The Hall–Kier alpha value is -3.22. The summed E-state index contributed by atoms with van der Waals surface area (Å²) in [5, 5.41) is 17.0. The second-order valence-corrected chi connectivity index (χ2v) is 8.31. The predicted molar refractivity (Wildman–Crippen MR) is 124 cm³/mol. The molecule has 4 aromatic rings. The molecule has 2 aromatic carbocycles. The number of amides is 1. The van der Waals surface area contributed by atoms with Crippen molar-refractivity contribution in [3.63, 3.8) is 0 Å². The number of hydrogen-bond acceptors (Lipinski definition) is 5. The quantitative estimate of drug-likeness (QED) is 0.452. The van der Waals surface area contributed by atoms with Crippen molar-refractivity contribution < 1.29 is 14.3 Å². The van der Waals surface area contributed by atoms with Crippen molar-refractivity contribution in [2.24, 2.45) is 5.92 Å². The van der Waals surface area contributed by atoms with Crippen LogP contribution < -0.4 is 10.7 Å². The van der Waals surface area contributed by atoms with E-state index in [1.54, 1.807) is 36.5 Å². The number of nitrogens with one attached hydrogen (secondary N) is 1. The first kappa shape index (κ1) is 21.0. The molecule has 0 aliphatic rings. The fourth-order valence-electron chi connectivity index (χ4n) is 3.63. The fraction of sp³-hybridized carbons (Fsp3) is 0.200. The number of fused-ring (bicyclic) bond motifs is 1. The third-order valence-corrected chi connectivity index (χ3v) is 6.07. The summed E-state index contributed by atoms with van der Waals surface area (Å²) in [6.45, 7) is 2.03. The normalized spacial score (nSPS) is 12.1. The smallest absolute Gasteiger partial charge is 0.255 e. The Bertz CT molecular complexity index is 1250. The Morgan fingerprint density at radius 2 is 1.94 bits per heavy atom. The van der Waals surface area contributed by atoms with E-state index in [0.717, 1.165) is 11.1 Å². The van der Waals surface area contributed by atoms with Crippen molar-refractivity contribution in [3.8, 4) is 11.3 Å². The highest BCUT2D eigenvalue weighted by atomic mass is 32.1. The number of carbonyl (C=O) groups excluding carboxylic acids is 1. The van der Waals surface area contributed by atoms with Crippen LogP contribution >= 0.6 is 11.3 Å². The van der Waals surface area contributed by atoms with E-state index in [9.17, 15) is 14.7 Å². The van der Waals surface area contributed by atoms with Gasteiger partial charge in [0.1, 0.15) is 5.76 Å². The van der Waals surface area contributed by atoms with Crippen LogP contribution in [0.3, 0.4) is 0 Å². The first-order valence-electron chi connectivity index (χ1n) is 10.1. The van der Waals surface area contributed by atoms with Gasteiger partial charge in [-0.3, -0.25) is 9.59 Å². The Morgan fingerprint density at radius 3 is 2.65 bits per heavy atom. The molecular weight excluding hydrogens is 410 g/mol. The molecule has 6 heteroatoms. The molecule has 0 bridgehead atoms. The van der Waals surface area contributed by atoms with Crippen molar-refractivity contribution >= 4 is 28.2 Å². The van der Waals surface area contributed by atoms with Gasteiger partial charge in [0.25, 0.3) is 5.91 Å². The van der Waals surface area contributed by atoms with Crippen LogP contribution in [0.4, 0.5) is 0 Å². The second-order valence-electron chi connectivity index (χ2n) is 7.53. The van der Waals surface area contributed by atoms with Crippen LogP contribution in [0.2, 0.25) is 0 Å². The third-order valence-electron chi connectivity index (χ3n) is 5.34. The van der Waals surface area contributed by atoms with E-state index in [-0.39, 0.29) is 29.4 Å². The van der Waals surface area contributed by atoms with Gasteiger partial charge in [0.15, 0.2) is 11.0 Å². The Balaban J connectivity index is 1.64. The number of thiophene rings is 1. The van der Waals surface area contributed by atoms with Gasteiger partial charge in [-0.2, -0.15) is 11.3 Å². The number of benzene rings is 2. The average molecular weight is 434 g/mol. The number of para-hydroxylation sites is 1. The van der Waals surface area contributed by atoms with Crippen LogP contribution in [0.5, 0.6) is 0 Å². The average Bonchev–Trinajstić information content (AvgIpc) is 3.32. The minimum Gasteiger partial charge on any atom is -0.455 e. The summed E-state index contributed by atoms with van der Waals surface area (Å²) >= 11 is 1.61. The molecule has 0 aliphatic heterocycles. The molecular formula is C25H23NO4S. The molecule has 5 nitrogen and oxygen atoms in total. The van der Waals surface area contributed by atoms with Gasteiger partial charge < -0.3 is 14.8 Å². The van der Waals surface area contributed by atoms with Crippen LogP contribution in [0.15, 0.2) is 74.6 Å². The molecule has 1 atom stereocenters. The molecule has 0 saturated heterocycles. The van der Waals surface area contributed by atoms with E-state index in [0.29, 0.717) is 35.2 Å². The molecule has 0 saturated carbocycles. The topological polar surface area (TPSA) is 79.5 Å². The standard InChI is InChI=1S/C25H23NO4S/c1-16-22(28)20-8-5-9-21(24(20)30-23(16)19-6-3-2-4-7-19)25(29)26-13-18(14-27)12-17-10-11-31-15-17/h2-11,15,18,27H,12-14H2,1H3,(H,26,29)/t18-/m0/s1. The molecule has 158 valence electrons. The maximum Gasteiger partial charge on any atom is 0.255 e. The van der Waals surface area contributed by atoms with Crippen molar-refractivity contribution in [1.82, 2.24) is 5.32 Å². The summed E-state index contributed by atoms with van der Waals surface area (Å²) in [5.41, 5.74) is 2.85. The van der Waals surface area contributed by atoms with Gasteiger partial charge in [0.05, 0.1) is 10.9 Å². The number of aliphatic hydroxyl groups excluding tert-OH is 1. The van der Waals surface area contributed by atoms with E-state index in [1.165, 1.54) is 0 Å². The van der Waals surface area contributed by atoms with E-state index >= 15 is 0 Å². The maximum atomic E-state index is 13.0. The molecule has 2 heterocycles. The summed E-state index contributed by atoms with van der Waals surface area (Å²) in [4.78, 5) is 25.9. The van der Waals surface area contributed by atoms with E-state index < -0.39 is 0 Å². The van der Waals surface area contributed by atoms with Crippen molar-refractivity contribution in [2.45, 2.75) is 13.3 Å². The van der Waals surface area contributed by atoms with Crippen LogP contribution in [-0.4, -0.2) is 24.2 Å². The highest BCUT2D eigenvalue weighted by molar-refractivity contribution is 7.07. The van der Waals surface area contributed by atoms with Gasteiger partial charge in [-0.15, -0.1) is 0 Å². The lowest BCUT2D eigenvalue weighted by Crippen LogP contribution is -2.32. The summed E-state index contributed by atoms with van der Waals surface area (Å²) in [6.07, 6.45) is 0.683. The van der Waals surface area contributed by atoms with Gasteiger partial charge in [0.2, 0.25) is 0 Å². The molecule has 2 aromatic heterocycles. The lowest BCUT2D eigenvalue weighted by atomic mass is 10.0. The van der Waals surface area contributed by atoms with Gasteiger partial charge in [-0.05, 0) is 47.9 Å². The molecule has 0 spiro atoms. The number of hydrogen-bond donors (Lipinski definition) is 2. The SMILES string of the molecule is Cc1c(-c2ccccc2)oc2c(C(=O)NC[C@@H](CO)Cc3ccsc3)cccc2c1=O. The van der Waals surface area contributed by atoms with Crippen LogP contribution in [0.1, 0.15) is 21.5 Å². The Morgan fingerprint density at radius 1 is 1.13 bits per heavy atom. The zero-order chi connectivity index (χ0) is 21.8. The largest absolute Gasteiger partial charge is 0.455 e. The molecule has 31 heavy (non-hydrogen) atoms. The minimum absolute atomic E-state index is 0.0297. The zero-order valence-corrected chi connectivity index (χ0v) is 17.9.